The van der Waals surface area contributed by atoms with Crippen LogP contribution in [0, 0.1) is 17.8 Å². The number of nitrogens with one attached hydrogen (secondary N) is 5. The molecule has 96 heavy (non-hydrogen) atoms. The van der Waals surface area contributed by atoms with E-state index in [0.717, 1.165) is 18.6 Å². The van der Waals surface area contributed by atoms with Crippen molar-refractivity contribution in [3.05, 3.63) is 35.9 Å². The molecule has 0 saturated heterocycles. The molecule has 7 atom stereocenters. The zero-order chi connectivity index (χ0) is 72.7. The molecule has 0 aliphatic rings. The van der Waals surface area contributed by atoms with Crippen molar-refractivity contribution in [2.45, 2.75) is 178 Å². The SMILES string of the molecule is CCCOCCOCCCC(=O)COCC(N)=O.COCCCC(=O)[C@H](CS)NC(=O)[C@@H](CC(=O)[C@H](CSC(C)(C)C)NC(=O)[C@H](CC(=O)O)CC(=O)CNC(=O)[C@H](CCCN=C(N)N)CC(=O)[C@H](CSC(C)(C)C)NC(=O)[C@H](CCCCN)NC(=O)CCl)Cc1ccccc1. The summed E-state index contributed by atoms with van der Waals surface area (Å²) in [6.07, 6.45) is 2.05. The number of rotatable bonds is 54. The van der Waals surface area contributed by atoms with Crippen LogP contribution >= 0.6 is 47.8 Å². The molecule has 0 unspecified atom stereocenters. The van der Waals surface area contributed by atoms with E-state index < -0.39 is 137 Å². The summed E-state index contributed by atoms with van der Waals surface area (Å²) in [6.45, 7) is 15.8. The van der Waals surface area contributed by atoms with Crippen molar-refractivity contribution in [3.8, 4) is 0 Å². The van der Waals surface area contributed by atoms with Crippen molar-refractivity contribution in [1.82, 2.24) is 26.6 Å². The lowest BCUT2D eigenvalue weighted by Crippen LogP contribution is -2.53. The number of Topliss-reactive ketones (excluding diaryl/α,β-unsaturated/α-hetero) is 5. The first-order chi connectivity index (χ1) is 45.3. The Morgan fingerprint density at radius 2 is 1.18 bits per heavy atom. The Hall–Kier alpha value is -5.73. The summed E-state index contributed by atoms with van der Waals surface area (Å²) in [6, 6.07) is 4.62. The molecular weight excluding hydrogens is 1320 g/mol. The second kappa shape index (κ2) is 52.3. The first-order valence-corrected chi connectivity index (χ1v) is 35.5. The summed E-state index contributed by atoms with van der Waals surface area (Å²) in [5, 5.41) is 23.2. The molecule has 0 spiro atoms. The molecule has 1 aromatic rings. The second-order valence-corrected chi connectivity index (χ2v) is 29.1. The number of aliphatic imine (C=N–C) groups is 1. The smallest absolute Gasteiger partial charge is 0.304 e. The highest BCUT2D eigenvalue weighted by Crippen LogP contribution is 2.27. The van der Waals surface area contributed by atoms with Crippen LogP contribution in [0.25, 0.3) is 0 Å². The number of ketones is 5. The molecule has 31 heteroatoms. The predicted molar refractivity (Wildman–Crippen MR) is 377 cm³/mol. The maximum absolute atomic E-state index is 14.4. The number of carbonyl (C=O) groups excluding carboxylic acids is 11. The van der Waals surface area contributed by atoms with Crippen LogP contribution in [0.5, 0.6) is 0 Å². The van der Waals surface area contributed by atoms with Crippen molar-refractivity contribution < 1.29 is 81.6 Å². The van der Waals surface area contributed by atoms with Gasteiger partial charge in [-0.1, -0.05) is 78.8 Å². The molecular formula is C65H109ClN10O17S3. The summed E-state index contributed by atoms with van der Waals surface area (Å²) in [4.78, 5) is 161. The van der Waals surface area contributed by atoms with Crippen LogP contribution in [0.4, 0.5) is 0 Å². The summed E-state index contributed by atoms with van der Waals surface area (Å²) in [7, 11) is 1.51. The predicted octanol–water partition coefficient (Wildman–Crippen LogP) is 3.18. The molecule has 0 saturated carbocycles. The monoisotopic (exact) mass is 1430 g/mol. The minimum absolute atomic E-state index is 0.00845. The molecule has 0 fully saturated rings. The van der Waals surface area contributed by atoms with Gasteiger partial charge in [-0.15, -0.1) is 11.6 Å². The Morgan fingerprint density at radius 1 is 0.604 bits per heavy atom. The third kappa shape index (κ3) is 46.5. The lowest BCUT2D eigenvalue weighted by molar-refractivity contribution is -0.142. The van der Waals surface area contributed by atoms with Gasteiger partial charge >= 0.3 is 5.97 Å². The van der Waals surface area contributed by atoms with Gasteiger partial charge in [-0.05, 0) is 69.9 Å². The van der Waals surface area contributed by atoms with Crippen LogP contribution in [0.2, 0.25) is 0 Å². The number of carbonyl (C=O) groups is 12. The van der Waals surface area contributed by atoms with Crippen LogP contribution in [-0.2, 0) is 82.9 Å². The summed E-state index contributed by atoms with van der Waals surface area (Å²) in [5.74, 6) is -11.5. The lowest BCUT2D eigenvalue weighted by Gasteiger charge is -2.27. The number of benzene rings is 1. The van der Waals surface area contributed by atoms with Gasteiger partial charge in [-0.2, -0.15) is 36.2 Å². The van der Waals surface area contributed by atoms with Crippen molar-refractivity contribution in [1.29, 1.82) is 0 Å². The van der Waals surface area contributed by atoms with Crippen LogP contribution in [0.1, 0.15) is 144 Å². The van der Waals surface area contributed by atoms with Gasteiger partial charge < -0.3 is 73.6 Å². The average Bonchev–Trinajstić information content (AvgIpc) is 0.892. The van der Waals surface area contributed by atoms with Crippen LogP contribution < -0.4 is 49.5 Å². The Labute approximate surface area is 585 Å². The minimum Gasteiger partial charge on any atom is -0.481 e. The minimum atomic E-state index is -1.50. The number of halogens is 1. The molecule has 0 heterocycles. The molecule has 0 radical (unpaired) electrons. The fraction of sp³-hybridized carbons (Fsp3) is 0.708. The number of hydrogen-bond acceptors (Lipinski definition) is 21. The number of hydrogen-bond donors (Lipinski definition) is 11. The number of amides is 6. The van der Waals surface area contributed by atoms with Crippen LogP contribution in [-0.4, -0.2) is 211 Å². The van der Waals surface area contributed by atoms with Crippen molar-refractivity contribution in [3.63, 3.8) is 0 Å². The van der Waals surface area contributed by atoms with Crippen LogP contribution in [0.15, 0.2) is 35.3 Å². The summed E-state index contributed by atoms with van der Waals surface area (Å²) < 4.78 is 19.6. The molecule has 1 rings (SSSR count). The number of carboxylic acid groups (broad SMARTS) is 1. The highest BCUT2D eigenvalue weighted by atomic mass is 35.5. The Balaban J connectivity index is 0.00000432. The number of carboxylic acids is 1. The van der Waals surface area contributed by atoms with Gasteiger partial charge in [0.25, 0.3) is 0 Å². The van der Waals surface area contributed by atoms with Crippen molar-refractivity contribution in [2.75, 3.05) is 96.1 Å². The van der Waals surface area contributed by atoms with Crippen molar-refractivity contribution >= 4 is 124 Å². The number of thiol groups is 1. The van der Waals surface area contributed by atoms with E-state index in [0.29, 0.717) is 65.1 Å². The largest absolute Gasteiger partial charge is 0.481 e. The molecule has 0 bridgehead atoms. The van der Waals surface area contributed by atoms with E-state index in [1.54, 1.807) is 30.3 Å². The number of thioether (sulfide) groups is 2. The Kier molecular flexibility index (Phi) is 49.2. The van der Waals surface area contributed by atoms with Gasteiger partial charge in [0.05, 0.1) is 50.2 Å². The maximum Gasteiger partial charge on any atom is 0.304 e. The molecule has 14 N–H and O–H groups in total. The van der Waals surface area contributed by atoms with E-state index in [1.165, 1.54) is 30.6 Å². The number of unbranched alkanes of at least 4 members (excludes halogenated alkanes) is 1. The molecule has 0 aliphatic heterocycles. The first kappa shape index (κ1) is 90.3. The number of nitrogens with two attached hydrogens (primary N) is 4. The number of aliphatic carboxylic acids is 1. The maximum atomic E-state index is 14.4. The quantitative estimate of drug-likeness (QED) is 0.0147. The highest BCUT2D eigenvalue weighted by Gasteiger charge is 2.35. The summed E-state index contributed by atoms with van der Waals surface area (Å²) >= 11 is 12.8. The summed E-state index contributed by atoms with van der Waals surface area (Å²) in [5.41, 5.74) is 22.3. The Morgan fingerprint density at radius 3 is 1.72 bits per heavy atom. The van der Waals surface area contributed by atoms with Gasteiger partial charge in [0.15, 0.2) is 34.9 Å². The van der Waals surface area contributed by atoms with E-state index in [-0.39, 0.29) is 97.8 Å². The third-order valence-corrected chi connectivity index (χ3v) is 17.2. The molecule has 6 amide bonds. The zero-order valence-electron chi connectivity index (χ0n) is 57.3. The second-order valence-electron chi connectivity index (χ2n) is 24.8. The van der Waals surface area contributed by atoms with E-state index in [4.69, 9.17) is 53.5 Å². The highest BCUT2D eigenvalue weighted by molar-refractivity contribution is 8.00. The topological polar surface area (TPSA) is 439 Å². The third-order valence-electron chi connectivity index (χ3n) is 13.8. The lowest BCUT2D eigenvalue weighted by atomic mass is 9.90. The van der Waals surface area contributed by atoms with Gasteiger partial charge in [0.2, 0.25) is 35.4 Å². The van der Waals surface area contributed by atoms with Crippen LogP contribution in [0.3, 0.4) is 0 Å². The normalized spacial score (nSPS) is 13.5. The van der Waals surface area contributed by atoms with E-state index in [1.807, 2.05) is 48.5 Å². The average molecular weight is 1430 g/mol. The molecule has 0 aromatic heterocycles. The fourth-order valence-corrected chi connectivity index (χ4v) is 11.1. The van der Waals surface area contributed by atoms with E-state index >= 15 is 0 Å². The molecule has 1 aromatic carbocycles. The number of guanidine groups is 1. The number of ether oxygens (including phenoxy) is 4. The van der Waals surface area contributed by atoms with Gasteiger partial charge in [0.1, 0.15) is 25.1 Å². The van der Waals surface area contributed by atoms with Gasteiger partial charge in [-0.3, -0.25) is 62.5 Å². The van der Waals surface area contributed by atoms with Gasteiger partial charge in [-0.25, -0.2) is 0 Å². The molecule has 546 valence electrons. The van der Waals surface area contributed by atoms with E-state index in [2.05, 4.69) is 44.2 Å². The van der Waals surface area contributed by atoms with Gasteiger partial charge in [0, 0.05) is 104 Å². The zero-order valence-corrected chi connectivity index (χ0v) is 60.6. The fourth-order valence-electron chi connectivity index (χ4n) is 8.85. The standard InChI is InChI=1S/C53H86ClN9O12S3.C12H23NO5/c1-52(2,3)77-31-40(44(67)26-35(23-33-15-9-8-10-16-33)48(72)61-39(30-76)42(65)19-14-22-75-7)62-49(73)36(27-46(69)70)24-37(64)29-59-47(71)34(17-13-21-58-51(56)57)25-43(66)41(32-78-53(4,5)6)63-50(74)38(18-11-12-20-55)60-45(68)28-54;1-2-5-16-7-8-17-6-3-4-11(14)9-18-10-12(13)15/h8-10,15-16,34-36,38-41,76H,11-14,17-32,55H2,1-7H3,(H,59,71)(H,60,68)(H,61,72)(H,62,73)(H,63,74)(H,69,70)(H4,56,57,58);2-10H2,1H3,(H2,13,15)/t34-,35-,36+,38+,39+,40+,41+;/m1./s1. The Bertz CT molecular complexity index is 2580. The van der Waals surface area contributed by atoms with E-state index in [9.17, 15) is 62.6 Å². The number of methoxy groups -OCH3 is 1. The number of primary amides is 1. The van der Waals surface area contributed by atoms with Crippen molar-refractivity contribution in [2.24, 2.45) is 45.7 Å². The molecule has 27 nitrogen and oxygen atoms in total. The first-order valence-electron chi connectivity index (χ1n) is 32.4. The number of nitrogens with zero attached hydrogens (tertiary/aromatic N) is 1. The number of alkyl halides is 1. The molecule has 0 aliphatic carbocycles.